The van der Waals surface area contributed by atoms with Gasteiger partial charge in [0.15, 0.2) is 0 Å². The van der Waals surface area contributed by atoms with Crippen molar-refractivity contribution in [2.75, 3.05) is 0 Å². The van der Waals surface area contributed by atoms with Crippen LogP contribution in [0.1, 0.15) is 37.4 Å². The second-order valence-electron chi connectivity index (χ2n) is 3.49. The van der Waals surface area contributed by atoms with Gasteiger partial charge in [0, 0.05) is 12.0 Å². The fraction of sp³-hybridized carbons (Fsp3) is 0.750. The molecule has 66 valence electrons. The van der Waals surface area contributed by atoms with E-state index in [0.717, 1.165) is 18.7 Å². The molecule has 0 spiro atoms. The van der Waals surface area contributed by atoms with Crippen LogP contribution in [-0.4, -0.2) is 21.2 Å². The van der Waals surface area contributed by atoms with Gasteiger partial charge in [-0.1, -0.05) is 6.42 Å². The fourth-order valence-electron chi connectivity index (χ4n) is 1.89. The first kappa shape index (κ1) is 7.73. The first-order valence-corrected chi connectivity index (χ1v) is 4.47. The van der Waals surface area contributed by atoms with Crippen LogP contribution < -0.4 is 5.73 Å². The van der Waals surface area contributed by atoms with Crippen molar-refractivity contribution in [1.82, 2.24) is 15.2 Å². The second-order valence-corrected chi connectivity index (χ2v) is 3.49. The van der Waals surface area contributed by atoms with Crippen LogP contribution in [0.25, 0.3) is 0 Å². The summed E-state index contributed by atoms with van der Waals surface area (Å²) in [5, 5.41) is 6.76. The highest BCUT2D eigenvalue weighted by Crippen LogP contribution is 2.29. The number of aromatic amines is 1. The number of nitrogens with zero attached hydrogens (tertiary/aromatic N) is 2. The van der Waals surface area contributed by atoms with Crippen molar-refractivity contribution in [3.05, 3.63) is 12.2 Å². The van der Waals surface area contributed by atoms with E-state index in [1.165, 1.54) is 12.8 Å². The van der Waals surface area contributed by atoms with Crippen molar-refractivity contribution in [1.29, 1.82) is 0 Å². The maximum Gasteiger partial charge on any atom is 0.137 e. The van der Waals surface area contributed by atoms with E-state index in [2.05, 4.69) is 15.2 Å². The summed E-state index contributed by atoms with van der Waals surface area (Å²) >= 11 is 0. The predicted octanol–water partition coefficient (Wildman–Crippen LogP) is 0.790. The molecule has 1 aromatic rings. The summed E-state index contributed by atoms with van der Waals surface area (Å²) in [5.74, 6) is 1.52. The average Bonchev–Trinajstić information content (AvgIpc) is 2.56. The normalized spacial score (nSPS) is 30.4. The molecule has 4 nitrogen and oxygen atoms in total. The van der Waals surface area contributed by atoms with Gasteiger partial charge in [-0.05, 0) is 19.3 Å². The molecule has 2 rings (SSSR count). The third-order valence-corrected chi connectivity index (χ3v) is 2.54. The summed E-state index contributed by atoms with van der Waals surface area (Å²) < 4.78 is 0. The summed E-state index contributed by atoms with van der Waals surface area (Å²) in [4.78, 5) is 4.15. The fourth-order valence-corrected chi connectivity index (χ4v) is 1.89. The van der Waals surface area contributed by atoms with Crippen molar-refractivity contribution in [2.45, 2.75) is 37.6 Å². The van der Waals surface area contributed by atoms with E-state index < -0.39 is 0 Å². The van der Waals surface area contributed by atoms with Gasteiger partial charge in [0.05, 0.1) is 0 Å². The Morgan fingerprint density at radius 3 is 3.08 bits per heavy atom. The molecule has 0 aliphatic heterocycles. The van der Waals surface area contributed by atoms with E-state index in [-0.39, 0.29) is 0 Å². The van der Waals surface area contributed by atoms with Gasteiger partial charge in [-0.25, -0.2) is 4.98 Å². The van der Waals surface area contributed by atoms with Crippen molar-refractivity contribution in [3.8, 4) is 0 Å². The molecule has 1 aromatic heterocycles. The highest BCUT2D eigenvalue weighted by atomic mass is 15.2. The van der Waals surface area contributed by atoms with E-state index in [1.54, 1.807) is 6.33 Å². The quantitative estimate of drug-likeness (QED) is 0.648. The Labute approximate surface area is 71.6 Å². The first-order valence-electron chi connectivity index (χ1n) is 4.47. The topological polar surface area (TPSA) is 67.6 Å². The zero-order valence-electron chi connectivity index (χ0n) is 7.03. The minimum absolute atomic E-state index is 0.355. The van der Waals surface area contributed by atoms with Gasteiger partial charge in [0.2, 0.25) is 0 Å². The number of nitrogens with two attached hydrogens (primary N) is 1. The van der Waals surface area contributed by atoms with Crippen LogP contribution in [0.2, 0.25) is 0 Å². The molecule has 1 aliphatic rings. The number of nitrogens with one attached hydrogen (secondary N) is 1. The average molecular weight is 166 g/mol. The van der Waals surface area contributed by atoms with Crippen LogP contribution in [0.5, 0.6) is 0 Å². The van der Waals surface area contributed by atoms with Crippen molar-refractivity contribution in [3.63, 3.8) is 0 Å². The van der Waals surface area contributed by atoms with E-state index in [9.17, 15) is 0 Å². The van der Waals surface area contributed by atoms with Crippen LogP contribution in [-0.2, 0) is 0 Å². The van der Waals surface area contributed by atoms with E-state index in [1.807, 2.05) is 0 Å². The molecular formula is C8H14N4. The standard InChI is InChI=1S/C8H14N4/c9-7-3-1-2-6(4-7)8-10-5-11-12-8/h5-7H,1-4,9H2,(H,10,11,12). The SMILES string of the molecule is NC1CCCC(c2ncn[nH]2)C1. The maximum atomic E-state index is 5.87. The Morgan fingerprint density at radius 1 is 1.50 bits per heavy atom. The van der Waals surface area contributed by atoms with Crippen LogP contribution in [0, 0.1) is 0 Å². The largest absolute Gasteiger partial charge is 0.328 e. The summed E-state index contributed by atoms with van der Waals surface area (Å²) in [7, 11) is 0. The molecule has 1 fully saturated rings. The number of aromatic nitrogens is 3. The van der Waals surface area contributed by atoms with Gasteiger partial charge in [0.1, 0.15) is 12.2 Å². The molecular weight excluding hydrogens is 152 g/mol. The van der Waals surface area contributed by atoms with Crippen molar-refractivity contribution >= 4 is 0 Å². The van der Waals surface area contributed by atoms with E-state index in [0.29, 0.717) is 12.0 Å². The van der Waals surface area contributed by atoms with Crippen LogP contribution in [0.15, 0.2) is 6.33 Å². The zero-order valence-corrected chi connectivity index (χ0v) is 7.03. The molecule has 4 heteroatoms. The Kier molecular flexibility index (Phi) is 2.08. The molecule has 0 saturated heterocycles. The van der Waals surface area contributed by atoms with Crippen LogP contribution in [0.3, 0.4) is 0 Å². The lowest BCUT2D eigenvalue weighted by Gasteiger charge is -2.24. The Balaban J connectivity index is 2.04. The van der Waals surface area contributed by atoms with Gasteiger partial charge < -0.3 is 5.73 Å². The molecule has 2 atom stereocenters. The van der Waals surface area contributed by atoms with E-state index in [4.69, 9.17) is 5.73 Å². The maximum absolute atomic E-state index is 5.87. The molecule has 1 heterocycles. The van der Waals surface area contributed by atoms with Crippen molar-refractivity contribution in [2.24, 2.45) is 5.73 Å². The predicted molar refractivity (Wildman–Crippen MR) is 45.6 cm³/mol. The second kappa shape index (κ2) is 3.23. The molecule has 0 bridgehead atoms. The lowest BCUT2D eigenvalue weighted by atomic mass is 9.86. The number of hydrogen-bond donors (Lipinski definition) is 2. The number of H-pyrrole nitrogens is 1. The molecule has 3 N–H and O–H groups in total. The molecule has 0 amide bonds. The highest BCUT2D eigenvalue weighted by Gasteiger charge is 2.22. The van der Waals surface area contributed by atoms with Crippen molar-refractivity contribution < 1.29 is 0 Å². The third kappa shape index (κ3) is 1.48. The minimum Gasteiger partial charge on any atom is -0.328 e. The first-order chi connectivity index (χ1) is 5.86. The van der Waals surface area contributed by atoms with Crippen LogP contribution >= 0.6 is 0 Å². The zero-order chi connectivity index (χ0) is 8.39. The minimum atomic E-state index is 0.355. The Bertz CT molecular complexity index is 231. The van der Waals surface area contributed by atoms with E-state index >= 15 is 0 Å². The smallest absolute Gasteiger partial charge is 0.137 e. The van der Waals surface area contributed by atoms with Gasteiger partial charge >= 0.3 is 0 Å². The molecule has 12 heavy (non-hydrogen) atoms. The molecule has 1 saturated carbocycles. The number of rotatable bonds is 1. The monoisotopic (exact) mass is 166 g/mol. The summed E-state index contributed by atoms with van der Waals surface area (Å²) in [5.41, 5.74) is 5.87. The van der Waals surface area contributed by atoms with Gasteiger partial charge in [-0.3, -0.25) is 5.10 Å². The third-order valence-electron chi connectivity index (χ3n) is 2.54. The Hall–Kier alpha value is -0.900. The highest BCUT2D eigenvalue weighted by molar-refractivity contribution is 4.96. The van der Waals surface area contributed by atoms with Gasteiger partial charge in [0.25, 0.3) is 0 Å². The molecule has 0 radical (unpaired) electrons. The van der Waals surface area contributed by atoms with Gasteiger partial charge in [-0.2, -0.15) is 5.10 Å². The van der Waals surface area contributed by atoms with Gasteiger partial charge in [-0.15, -0.1) is 0 Å². The lowest BCUT2D eigenvalue weighted by molar-refractivity contribution is 0.382. The molecule has 0 aromatic carbocycles. The summed E-state index contributed by atoms with van der Waals surface area (Å²) in [6.07, 6.45) is 6.19. The lowest BCUT2D eigenvalue weighted by Crippen LogP contribution is -2.27. The summed E-state index contributed by atoms with van der Waals surface area (Å²) in [6.45, 7) is 0. The molecule has 2 unspecified atom stereocenters. The summed E-state index contributed by atoms with van der Waals surface area (Å²) in [6, 6.07) is 0.355. The number of hydrogen-bond acceptors (Lipinski definition) is 3. The van der Waals surface area contributed by atoms with Crippen LogP contribution in [0.4, 0.5) is 0 Å². The molecule has 1 aliphatic carbocycles. The Morgan fingerprint density at radius 2 is 2.42 bits per heavy atom.